The zero-order valence-electron chi connectivity index (χ0n) is 10.1. The molecule has 1 nitrogen and oxygen atoms in total. The normalized spacial score (nSPS) is 28.1. The van der Waals surface area contributed by atoms with Crippen molar-refractivity contribution in [2.75, 3.05) is 0 Å². The Morgan fingerprint density at radius 1 is 1.19 bits per heavy atom. The van der Waals surface area contributed by atoms with Crippen molar-refractivity contribution in [1.29, 1.82) is 0 Å². The lowest BCUT2D eigenvalue weighted by molar-refractivity contribution is 0.623. The first-order valence-electron chi connectivity index (χ1n) is 6.69. The highest BCUT2D eigenvalue weighted by atomic mass is 15.0. The van der Waals surface area contributed by atoms with Crippen LogP contribution >= 0.6 is 0 Å². The fraction of sp³-hybridized carbons (Fsp3) is 0.600. The summed E-state index contributed by atoms with van der Waals surface area (Å²) in [5, 5.41) is 3.64. The molecule has 0 amide bonds. The lowest BCUT2D eigenvalue weighted by Gasteiger charge is -2.05. The van der Waals surface area contributed by atoms with Crippen molar-refractivity contribution in [2.45, 2.75) is 51.1 Å². The first-order chi connectivity index (χ1) is 7.86. The van der Waals surface area contributed by atoms with Gasteiger partial charge >= 0.3 is 0 Å². The summed E-state index contributed by atoms with van der Waals surface area (Å²) in [6.45, 7) is 3.34. The van der Waals surface area contributed by atoms with E-state index in [1.54, 1.807) is 5.56 Å². The van der Waals surface area contributed by atoms with Crippen molar-refractivity contribution in [3.8, 4) is 0 Å². The minimum absolute atomic E-state index is 0.799. The van der Waals surface area contributed by atoms with Crippen LogP contribution in [0.3, 0.4) is 0 Å². The standard InChI is InChI=1S/C15H21N/c1-2-12-9-15(12)16-10-11-3-5-13(6-4-11)14-7-8-14/h3-6,12,14-16H,2,7-10H2,1H3. The molecule has 0 saturated heterocycles. The smallest absolute Gasteiger partial charge is 0.0208 e. The van der Waals surface area contributed by atoms with Crippen LogP contribution in [0.5, 0.6) is 0 Å². The summed E-state index contributed by atoms with van der Waals surface area (Å²) >= 11 is 0. The number of benzene rings is 1. The maximum atomic E-state index is 3.64. The highest BCUT2D eigenvalue weighted by Gasteiger charge is 2.34. The SMILES string of the molecule is CCC1CC1NCc1ccc(C2CC2)cc1. The number of nitrogens with one attached hydrogen (secondary N) is 1. The van der Waals surface area contributed by atoms with Crippen LogP contribution in [0.4, 0.5) is 0 Å². The second-order valence-corrected chi connectivity index (χ2v) is 5.41. The summed E-state index contributed by atoms with van der Waals surface area (Å²) < 4.78 is 0. The molecule has 2 aliphatic carbocycles. The lowest BCUT2D eigenvalue weighted by Crippen LogP contribution is -2.17. The Bertz CT molecular complexity index is 350. The van der Waals surface area contributed by atoms with Gasteiger partial charge in [-0.15, -0.1) is 0 Å². The van der Waals surface area contributed by atoms with Crippen molar-refractivity contribution in [3.05, 3.63) is 35.4 Å². The maximum absolute atomic E-state index is 3.64. The molecule has 1 heteroatoms. The van der Waals surface area contributed by atoms with E-state index in [1.165, 1.54) is 31.2 Å². The van der Waals surface area contributed by atoms with E-state index in [2.05, 4.69) is 36.5 Å². The molecule has 0 heterocycles. The molecule has 16 heavy (non-hydrogen) atoms. The quantitative estimate of drug-likeness (QED) is 0.793. The van der Waals surface area contributed by atoms with E-state index in [1.807, 2.05) is 0 Å². The van der Waals surface area contributed by atoms with Gasteiger partial charge in [-0.05, 0) is 42.2 Å². The molecule has 0 bridgehead atoms. The predicted molar refractivity (Wildman–Crippen MR) is 67.4 cm³/mol. The Labute approximate surface area is 98.3 Å². The van der Waals surface area contributed by atoms with Gasteiger partial charge in [-0.2, -0.15) is 0 Å². The van der Waals surface area contributed by atoms with Gasteiger partial charge in [0.25, 0.3) is 0 Å². The molecule has 0 aliphatic heterocycles. The molecule has 2 fully saturated rings. The second-order valence-electron chi connectivity index (χ2n) is 5.41. The van der Waals surface area contributed by atoms with E-state index in [0.29, 0.717) is 0 Å². The largest absolute Gasteiger partial charge is 0.310 e. The van der Waals surface area contributed by atoms with Crippen LogP contribution < -0.4 is 5.32 Å². The number of hydrogen-bond donors (Lipinski definition) is 1. The van der Waals surface area contributed by atoms with Gasteiger partial charge < -0.3 is 5.32 Å². The summed E-state index contributed by atoms with van der Waals surface area (Å²) in [7, 11) is 0. The monoisotopic (exact) mass is 215 g/mol. The lowest BCUT2D eigenvalue weighted by atomic mass is 10.1. The van der Waals surface area contributed by atoms with Gasteiger partial charge in [-0.3, -0.25) is 0 Å². The molecule has 2 unspecified atom stereocenters. The predicted octanol–water partition coefficient (Wildman–Crippen LogP) is 3.45. The highest BCUT2D eigenvalue weighted by molar-refractivity contribution is 5.28. The van der Waals surface area contributed by atoms with Crippen LogP contribution in [0, 0.1) is 5.92 Å². The molecular formula is C15H21N. The van der Waals surface area contributed by atoms with Crippen LogP contribution in [-0.4, -0.2) is 6.04 Å². The summed E-state index contributed by atoms with van der Waals surface area (Å²) in [4.78, 5) is 0. The molecule has 1 aromatic rings. The van der Waals surface area contributed by atoms with Crippen molar-refractivity contribution < 1.29 is 0 Å². The Balaban J connectivity index is 1.50. The minimum atomic E-state index is 0.799. The van der Waals surface area contributed by atoms with E-state index in [0.717, 1.165) is 24.4 Å². The van der Waals surface area contributed by atoms with Crippen LogP contribution in [0.25, 0.3) is 0 Å². The van der Waals surface area contributed by atoms with Gasteiger partial charge in [-0.25, -0.2) is 0 Å². The van der Waals surface area contributed by atoms with Crippen molar-refractivity contribution in [3.63, 3.8) is 0 Å². The first-order valence-corrected chi connectivity index (χ1v) is 6.69. The third-order valence-electron chi connectivity index (χ3n) is 4.04. The Morgan fingerprint density at radius 2 is 1.94 bits per heavy atom. The van der Waals surface area contributed by atoms with Gasteiger partial charge in [0.1, 0.15) is 0 Å². The molecular weight excluding hydrogens is 194 g/mol. The van der Waals surface area contributed by atoms with Gasteiger partial charge in [0.05, 0.1) is 0 Å². The number of rotatable bonds is 5. The van der Waals surface area contributed by atoms with Crippen LogP contribution in [0.15, 0.2) is 24.3 Å². The van der Waals surface area contributed by atoms with Gasteiger partial charge in [0, 0.05) is 12.6 Å². The van der Waals surface area contributed by atoms with Gasteiger partial charge in [0.2, 0.25) is 0 Å². The summed E-state index contributed by atoms with van der Waals surface area (Å²) in [6.07, 6.45) is 5.52. The molecule has 0 aromatic heterocycles. The zero-order chi connectivity index (χ0) is 11.0. The Hall–Kier alpha value is -0.820. The molecule has 2 aliphatic rings. The highest BCUT2D eigenvalue weighted by Crippen LogP contribution is 2.40. The molecule has 1 aromatic carbocycles. The summed E-state index contributed by atoms with van der Waals surface area (Å²) in [5.41, 5.74) is 2.98. The zero-order valence-corrected chi connectivity index (χ0v) is 10.1. The fourth-order valence-electron chi connectivity index (χ4n) is 2.52. The van der Waals surface area contributed by atoms with E-state index in [4.69, 9.17) is 0 Å². The van der Waals surface area contributed by atoms with E-state index < -0.39 is 0 Å². The third kappa shape index (κ3) is 2.30. The second kappa shape index (κ2) is 4.21. The third-order valence-corrected chi connectivity index (χ3v) is 4.04. The molecule has 0 radical (unpaired) electrons. The fourth-order valence-corrected chi connectivity index (χ4v) is 2.52. The summed E-state index contributed by atoms with van der Waals surface area (Å²) in [5.74, 6) is 1.83. The molecule has 0 spiro atoms. The molecule has 2 atom stereocenters. The van der Waals surface area contributed by atoms with Crippen LogP contribution in [-0.2, 0) is 6.54 Å². The maximum Gasteiger partial charge on any atom is 0.0208 e. The van der Waals surface area contributed by atoms with Crippen molar-refractivity contribution in [1.82, 2.24) is 5.32 Å². The average Bonchev–Trinajstić information content (AvgIpc) is 3.20. The van der Waals surface area contributed by atoms with E-state index in [9.17, 15) is 0 Å². The number of hydrogen-bond acceptors (Lipinski definition) is 1. The Morgan fingerprint density at radius 3 is 2.50 bits per heavy atom. The van der Waals surface area contributed by atoms with Gasteiger partial charge in [0.15, 0.2) is 0 Å². The van der Waals surface area contributed by atoms with E-state index in [-0.39, 0.29) is 0 Å². The van der Waals surface area contributed by atoms with Crippen LogP contribution in [0.2, 0.25) is 0 Å². The first kappa shape index (κ1) is 10.3. The molecule has 1 N–H and O–H groups in total. The minimum Gasteiger partial charge on any atom is -0.310 e. The summed E-state index contributed by atoms with van der Waals surface area (Å²) in [6, 6.07) is 10.0. The topological polar surface area (TPSA) is 12.0 Å². The molecule has 2 saturated carbocycles. The average molecular weight is 215 g/mol. The molecule has 3 rings (SSSR count). The molecule has 86 valence electrons. The van der Waals surface area contributed by atoms with E-state index >= 15 is 0 Å². The van der Waals surface area contributed by atoms with Crippen molar-refractivity contribution in [2.24, 2.45) is 5.92 Å². The van der Waals surface area contributed by atoms with Gasteiger partial charge in [-0.1, -0.05) is 37.6 Å². The van der Waals surface area contributed by atoms with Crippen LogP contribution in [0.1, 0.15) is 49.7 Å². The Kier molecular flexibility index (Phi) is 2.72. The van der Waals surface area contributed by atoms with Crippen molar-refractivity contribution >= 4 is 0 Å².